The van der Waals surface area contributed by atoms with Crippen LogP contribution in [0.2, 0.25) is 0 Å². The Morgan fingerprint density at radius 2 is 1.62 bits per heavy atom. The molecule has 0 aliphatic carbocycles. The number of rotatable bonds is 5. The third-order valence-electron chi connectivity index (χ3n) is 5.95. The van der Waals surface area contributed by atoms with Crippen molar-refractivity contribution in [3.63, 3.8) is 0 Å². The third kappa shape index (κ3) is 3.27. The lowest BCUT2D eigenvalue weighted by Gasteiger charge is -2.29. The largest absolute Gasteiger partial charge is 0.504 e. The summed E-state index contributed by atoms with van der Waals surface area (Å²) in [7, 11) is 1.47. The Balaban J connectivity index is 1.55. The standard InChI is InChI=1S/C25H22N2O5/c1-31-20-14-17(12-13-19(20)28)22-21-23(32-27(22)18-10-6-3-7-11-18)25(30)26(24(21)29)15-16-8-4-2-5-9-16/h2-14,21-23,28H,15H2,1H3. The molecule has 7 heteroatoms. The summed E-state index contributed by atoms with van der Waals surface area (Å²) in [4.78, 5) is 34.1. The maximum atomic E-state index is 13.5. The van der Waals surface area contributed by atoms with E-state index in [1.54, 1.807) is 17.2 Å². The molecule has 2 amide bonds. The van der Waals surface area contributed by atoms with Crippen molar-refractivity contribution in [3.8, 4) is 11.5 Å². The van der Waals surface area contributed by atoms with Crippen LogP contribution < -0.4 is 9.80 Å². The first-order valence-electron chi connectivity index (χ1n) is 10.4. The zero-order chi connectivity index (χ0) is 22.2. The monoisotopic (exact) mass is 430 g/mol. The summed E-state index contributed by atoms with van der Waals surface area (Å²) >= 11 is 0. The normalized spacial score (nSPS) is 22.3. The van der Waals surface area contributed by atoms with Gasteiger partial charge in [0, 0.05) is 0 Å². The maximum Gasteiger partial charge on any atom is 0.262 e. The van der Waals surface area contributed by atoms with Gasteiger partial charge in [-0.05, 0) is 35.4 Å². The van der Waals surface area contributed by atoms with Gasteiger partial charge in [-0.2, -0.15) is 0 Å². The van der Waals surface area contributed by atoms with Gasteiger partial charge in [-0.1, -0.05) is 54.6 Å². The number of hydrogen-bond donors (Lipinski definition) is 1. The molecule has 32 heavy (non-hydrogen) atoms. The van der Waals surface area contributed by atoms with Gasteiger partial charge in [0.05, 0.1) is 25.4 Å². The van der Waals surface area contributed by atoms with Crippen molar-refractivity contribution in [2.24, 2.45) is 5.92 Å². The van der Waals surface area contributed by atoms with Crippen LogP contribution in [0.1, 0.15) is 17.2 Å². The number of fused-ring (bicyclic) bond motifs is 1. The lowest BCUT2D eigenvalue weighted by Crippen LogP contribution is -2.36. The highest BCUT2D eigenvalue weighted by molar-refractivity contribution is 6.07. The molecule has 3 aromatic carbocycles. The average molecular weight is 430 g/mol. The Labute approximate surface area is 185 Å². The zero-order valence-corrected chi connectivity index (χ0v) is 17.4. The number of benzene rings is 3. The van der Waals surface area contributed by atoms with E-state index in [1.807, 2.05) is 60.7 Å². The number of hydrogen-bond acceptors (Lipinski definition) is 6. The van der Waals surface area contributed by atoms with Crippen LogP contribution in [0.4, 0.5) is 5.69 Å². The van der Waals surface area contributed by atoms with Crippen LogP contribution in [0.5, 0.6) is 11.5 Å². The molecule has 2 aliphatic heterocycles. The number of likely N-dealkylation sites (tertiary alicyclic amines) is 1. The minimum atomic E-state index is -0.920. The molecule has 0 bridgehead atoms. The smallest absolute Gasteiger partial charge is 0.262 e. The molecule has 3 atom stereocenters. The number of methoxy groups -OCH3 is 1. The van der Waals surface area contributed by atoms with E-state index in [2.05, 4.69) is 0 Å². The Morgan fingerprint density at radius 3 is 2.31 bits per heavy atom. The first-order chi connectivity index (χ1) is 15.6. The molecule has 2 fully saturated rings. The molecule has 0 aromatic heterocycles. The van der Waals surface area contributed by atoms with E-state index in [-0.39, 0.29) is 29.9 Å². The van der Waals surface area contributed by atoms with Gasteiger partial charge in [-0.3, -0.25) is 19.3 Å². The van der Waals surface area contributed by atoms with Crippen LogP contribution in [-0.4, -0.2) is 35.0 Å². The molecule has 2 aliphatic rings. The molecule has 0 saturated carbocycles. The number of aromatic hydroxyl groups is 1. The Hall–Kier alpha value is -3.84. The second-order valence-electron chi connectivity index (χ2n) is 7.84. The van der Waals surface area contributed by atoms with Gasteiger partial charge in [0.25, 0.3) is 5.91 Å². The van der Waals surface area contributed by atoms with Crippen molar-refractivity contribution in [3.05, 3.63) is 90.0 Å². The van der Waals surface area contributed by atoms with E-state index in [1.165, 1.54) is 18.1 Å². The lowest BCUT2D eigenvalue weighted by molar-refractivity contribution is -0.143. The number of imide groups is 1. The number of amides is 2. The number of phenolic OH excluding ortho intramolecular Hbond substituents is 1. The van der Waals surface area contributed by atoms with Crippen LogP contribution in [0.3, 0.4) is 0 Å². The second kappa shape index (κ2) is 8.01. The van der Waals surface area contributed by atoms with Crippen molar-refractivity contribution < 1.29 is 24.3 Å². The summed E-state index contributed by atoms with van der Waals surface area (Å²) < 4.78 is 5.27. The minimum Gasteiger partial charge on any atom is -0.504 e. The molecule has 5 rings (SSSR count). The highest BCUT2D eigenvalue weighted by Crippen LogP contribution is 2.48. The van der Waals surface area contributed by atoms with Crippen LogP contribution in [0.15, 0.2) is 78.9 Å². The number of phenols is 1. The molecule has 0 spiro atoms. The molecular formula is C25H22N2O5. The van der Waals surface area contributed by atoms with Crippen LogP contribution in [0.25, 0.3) is 0 Å². The van der Waals surface area contributed by atoms with Crippen LogP contribution in [-0.2, 0) is 21.0 Å². The summed E-state index contributed by atoms with van der Waals surface area (Å²) in [5.74, 6) is -1.06. The first kappa shape index (κ1) is 20.1. The summed E-state index contributed by atoms with van der Waals surface area (Å²) in [5.41, 5.74) is 2.31. The number of carbonyl (C=O) groups excluding carboxylic acids is 2. The van der Waals surface area contributed by atoms with Crippen molar-refractivity contribution in [1.29, 1.82) is 0 Å². The van der Waals surface area contributed by atoms with Crippen LogP contribution >= 0.6 is 0 Å². The fourth-order valence-electron chi connectivity index (χ4n) is 4.41. The van der Waals surface area contributed by atoms with Gasteiger partial charge in [0.15, 0.2) is 17.6 Å². The van der Waals surface area contributed by atoms with Crippen LogP contribution in [0, 0.1) is 5.92 Å². The predicted octanol–water partition coefficient (Wildman–Crippen LogP) is 3.45. The highest BCUT2D eigenvalue weighted by atomic mass is 16.7. The molecule has 3 unspecified atom stereocenters. The topological polar surface area (TPSA) is 79.3 Å². The highest BCUT2D eigenvalue weighted by Gasteiger charge is 2.59. The number of ether oxygens (including phenoxy) is 1. The molecule has 2 heterocycles. The molecule has 0 radical (unpaired) electrons. The number of para-hydroxylation sites is 1. The van der Waals surface area contributed by atoms with Crippen molar-refractivity contribution >= 4 is 17.5 Å². The molecule has 3 aromatic rings. The third-order valence-corrected chi connectivity index (χ3v) is 5.95. The minimum absolute atomic E-state index is 0.00231. The molecule has 2 saturated heterocycles. The fourth-order valence-corrected chi connectivity index (χ4v) is 4.41. The van der Waals surface area contributed by atoms with Gasteiger partial charge < -0.3 is 9.84 Å². The molecule has 162 valence electrons. The zero-order valence-electron chi connectivity index (χ0n) is 17.4. The fraction of sp³-hybridized carbons (Fsp3) is 0.200. The number of carbonyl (C=O) groups is 2. The number of hydroxylamine groups is 1. The van der Waals surface area contributed by atoms with E-state index in [4.69, 9.17) is 9.57 Å². The van der Waals surface area contributed by atoms with Gasteiger partial charge in [-0.15, -0.1) is 0 Å². The molecule has 1 N–H and O–H groups in total. The maximum absolute atomic E-state index is 13.5. The van der Waals surface area contributed by atoms with Gasteiger partial charge in [0.2, 0.25) is 5.91 Å². The Morgan fingerprint density at radius 1 is 0.938 bits per heavy atom. The SMILES string of the molecule is COc1cc(C2C3C(=O)N(Cc4ccccc4)C(=O)C3ON2c2ccccc2)ccc1O. The van der Waals surface area contributed by atoms with E-state index >= 15 is 0 Å². The second-order valence-corrected chi connectivity index (χ2v) is 7.84. The summed E-state index contributed by atoms with van der Waals surface area (Å²) in [6.45, 7) is 0.200. The van der Waals surface area contributed by atoms with Gasteiger partial charge >= 0.3 is 0 Å². The summed E-state index contributed by atoms with van der Waals surface area (Å²) in [6, 6.07) is 23.1. The lowest BCUT2D eigenvalue weighted by atomic mass is 9.90. The van der Waals surface area contributed by atoms with E-state index in [0.29, 0.717) is 5.56 Å². The number of anilines is 1. The summed E-state index contributed by atoms with van der Waals surface area (Å²) in [6.07, 6.45) is -0.920. The first-order valence-corrected chi connectivity index (χ1v) is 10.4. The molecular weight excluding hydrogens is 408 g/mol. The Kier molecular flexibility index (Phi) is 5.03. The van der Waals surface area contributed by atoms with Crippen molar-refractivity contribution in [2.75, 3.05) is 12.2 Å². The van der Waals surface area contributed by atoms with E-state index < -0.39 is 18.1 Å². The predicted molar refractivity (Wildman–Crippen MR) is 117 cm³/mol. The van der Waals surface area contributed by atoms with E-state index in [9.17, 15) is 14.7 Å². The van der Waals surface area contributed by atoms with Gasteiger partial charge in [0.1, 0.15) is 5.92 Å². The molecule has 7 nitrogen and oxygen atoms in total. The van der Waals surface area contributed by atoms with E-state index in [0.717, 1.165) is 11.3 Å². The summed E-state index contributed by atoms with van der Waals surface area (Å²) in [5, 5.41) is 11.7. The Bertz CT molecular complexity index is 1150. The van der Waals surface area contributed by atoms with Crippen molar-refractivity contribution in [2.45, 2.75) is 18.7 Å². The van der Waals surface area contributed by atoms with Gasteiger partial charge in [-0.25, -0.2) is 5.06 Å². The quantitative estimate of drug-likeness (QED) is 0.625. The average Bonchev–Trinajstić information content (AvgIpc) is 3.33. The number of nitrogens with zero attached hydrogens (tertiary/aromatic N) is 2. The van der Waals surface area contributed by atoms with Crippen molar-refractivity contribution in [1.82, 2.24) is 4.90 Å².